The number of β-amino-alcohol motifs (C(OH)–C–C–N with tert-alkyl or cyclic N) is 1. The number of anilines is 1. The van der Waals surface area contributed by atoms with Crippen molar-refractivity contribution in [1.82, 2.24) is 10.2 Å². The molecule has 2 aromatic rings. The molecule has 0 aromatic heterocycles. The summed E-state index contributed by atoms with van der Waals surface area (Å²) in [7, 11) is 1.68. The molecule has 3 fully saturated rings. The van der Waals surface area contributed by atoms with Crippen LogP contribution in [0.2, 0.25) is 0 Å². The number of methoxy groups -OCH3 is 1. The van der Waals surface area contributed by atoms with E-state index in [9.17, 15) is 9.90 Å². The highest BCUT2D eigenvalue weighted by Gasteiger charge is 2.53. The zero-order valence-corrected chi connectivity index (χ0v) is 21.3. The topological polar surface area (TPSA) is 65.0 Å². The van der Waals surface area contributed by atoms with Crippen molar-refractivity contribution in [2.24, 2.45) is 0 Å². The number of fused-ring (bicyclic) bond motifs is 1. The van der Waals surface area contributed by atoms with Crippen molar-refractivity contribution in [3.8, 4) is 5.75 Å². The number of ether oxygens (including phenoxy) is 1. The van der Waals surface area contributed by atoms with Crippen LogP contribution < -0.4 is 15.0 Å². The van der Waals surface area contributed by atoms with Crippen LogP contribution in [0.5, 0.6) is 5.75 Å². The monoisotopic (exact) mass is 477 g/mol. The molecule has 0 saturated carbocycles. The molecule has 2 N–H and O–H groups in total. The standard InChI is InChI=1S/C29H39N3O3/c1-21-7-4-5-8-24(21)31-17-15-29(34,16-18-31)20-32-25(22-11-13-23(35-3)14-12-22)19-28(2)26(32)9-6-10-27(33)30-28/h4-5,7-8,11-14,25-26,34H,6,9-10,15-20H2,1-3H3,(H,30,33)/t25-,26-,28-/m0/s1. The molecule has 0 unspecified atom stereocenters. The maximum atomic E-state index is 12.5. The number of hydrogen-bond acceptors (Lipinski definition) is 5. The maximum absolute atomic E-state index is 12.5. The Bertz CT molecular complexity index is 1050. The fraction of sp³-hybridized carbons (Fsp3) is 0.552. The van der Waals surface area contributed by atoms with E-state index in [0.29, 0.717) is 13.0 Å². The van der Waals surface area contributed by atoms with Gasteiger partial charge in [0.2, 0.25) is 5.91 Å². The molecule has 0 aliphatic carbocycles. The summed E-state index contributed by atoms with van der Waals surface area (Å²) in [6.07, 6.45) is 4.76. The third kappa shape index (κ3) is 4.78. The molecule has 3 saturated heterocycles. The number of amides is 1. The maximum Gasteiger partial charge on any atom is 0.220 e. The summed E-state index contributed by atoms with van der Waals surface area (Å²) in [5.41, 5.74) is 2.73. The minimum Gasteiger partial charge on any atom is -0.497 e. The summed E-state index contributed by atoms with van der Waals surface area (Å²) >= 11 is 0. The number of carbonyl (C=O) groups is 1. The van der Waals surface area contributed by atoms with Gasteiger partial charge in [0.05, 0.1) is 18.2 Å². The lowest BCUT2D eigenvalue weighted by atomic mass is 9.87. The molecule has 6 heteroatoms. The fourth-order valence-electron chi connectivity index (χ4n) is 6.63. The van der Waals surface area contributed by atoms with Gasteiger partial charge >= 0.3 is 0 Å². The smallest absolute Gasteiger partial charge is 0.220 e. The third-order valence-electron chi connectivity index (χ3n) is 8.59. The number of nitrogens with zero attached hydrogens (tertiary/aromatic N) is 2. The Morgan fingerprint density at radius 1 is 1.11 bits per heavy atom. The average molecular weight is 478 g/mol. The van der Waals surface area contributed by atoms with Crippen LogP contribution >= 0.6 is 0 Å². The minimum absolute atomic E-state index is 0.146. The summed E-state index contributed by atoms with van der Waals surface area (Å²) in [5, 5.41) is 15.2. The van der Waals surface area contributed by atoms with E-state index in [-0.39, 0.29) is 23.5 Å². The van der Waals surface area contributed by atoms with E-state index < -0.39 is 5.60 Å². The second kappa shape index (κ2) is 9.47. The zero-order valence-electron chi connectivity index (χ0n) is 21.3. The Balaban J connectivity index is 1.38. The fourth-order valence-corrected chi connectivity index (χ4v) is 6.63. The molecule has 1 amide bonds. The van der Waals surface area contributed by atoms with E-state index in [0.717, 1.165) is 50.9 Å². The van der Waals surface area contributed by atoms with Crippen LogP contribution in [-0.2, 0) is 4.79 Å². The Kier molecular flexibility index (Phi) is 6.53. The average Bonchev–Trinajstić information content (AvgIpc) is 3.00. The molecular weight excluding hydrogens is 438 g/mol. The molecule has 0 bridgehead atoms. The molecular formula is C29H39N3O3. The number of aryl methyl sites for hydroxylation is 1. The molecule has 3 heterocycles. The van der Waals surface area contributed by atoms with Crippen molar-refractivity contribution < 1.29 is 14.6 Å². The van der Waals surface area contributed by atoms with Crippen LogP contribution in [0, 0.1) is 6.92 Å². The molecule has 0 radical (unpaired) electrons. The van der Waals surface area contributed by atoms with Crippen LogP contribution in [0.25, 0.3) is 0 Å². The van der Waals surface area contributed by atoms with E-state index in [4.69, 9.17) is 4.74 Å². The summed E-state index contributed by atoms with van der Waals surface area (Å²) in [6, 6.07) is 17.2. The first-order chi connectivity index (χ1) is 16.8. The molecule has 0 spiro atoms. The number of likely N-dealkylation sites (tertiary alicyclic amines) is 1. The molecule has 2 aromatic carbocycles. The van der Waals surface area contributed by atoms with Crippen molar-refractivity contribution in [2.45, 2.75) is 75.6 Å². The lowest BCUT2D eigenvalue weighted by Crippen LogP contribution is -2.57. The highest BCUT2D eigenvalue weighted by atomic mass is 16.5. The Labute approximate surface area is 209 Å². The van der Waals surface area contributed by atoms with Gasteiger partial charge in [-0.25, -0.2) is 0 Å². The van der Waals surface area contributed by atoms with Crippen molar-refractivity contribution in [1.29, 1.82) is 0 Å². The third-order valence-corrected chi connectivity index (χ3v) is 8.59. The van der Waals surface area contributed by atoms with Crippen LogP contribution in [-0.4, -0.2) is 59.8 Å². The van der Waals surface area contributed by atoms with E-state index >= 15 is 0 Å². The second-order valence-corrected chi connectivity index (χ2v) is 11.0. The lowest BCUT2D eigenvalue weighted by Gasteiger charge is -2.44. The summed E-state index contributed by atoms with van der Waals surface area (Å²) < 4.78 is 5.38. The second-order valence-electron chi connectivity index (χ2n) is 11.0. The van der Waals surface area contributed by atoms with Crippen molar-refractivity contribution >= 4 is 11.6 Å². The van der Waals surface area contributed by atoms with Crippen molar-refractivity contribution in [3.05, 3.63) is 59.7 Å². The Hall–Kier alpha value is -2.57. The van der Waals surface area contributed by atoms with Crippen LogP contribution in [0.3, 0.4) is 0 Å². The van der Waals surface area contributed by atoms with E-state index in [1.165, 1.54) is 16.8 Å². The van der Waals surface area contributed by atoms with Gasteiger partial charge in [-0.3, -0.25) is 9.69 Å². The van der Waals surface area contributed by atoms with Gasteiger partial charge < -0.3 is 20.1 Å². The highest BCUT2D eigenvalue weighted by Crippen LogP contribution is 2.47. The number of piperidine rings is 1. The Morgan fingerprint density at radius 3 is 2.51 bits per heavy atom. The normalized spacial score (nSPS) is 28.8. The van der Waals surface area contributed by atoms with Gasteiger partial charge in [0.1, 0.15) is 5.75 Å². The van der Waals surface area contributed by atoms with Crippen LogP contribution in [0.1, 0.15) is 62.6 Å². The quantitative estimate of drug-likeness (QED) is 0.676. The van der Waals surface area contributed by atoms with Crippen molar-refractivity contribution in [3.63, 3.8) is 0 Å². The van der Waals surface area contributed by atoms with Gasteiger partial charge in [-0.1, -0.05) is 30.3 Å². The number of para-hydroxylation sites is 1. The van der Waals surface area contributed by atoms with Gasteiger partial charge in [-0.15, -0.1) is 0 Å². The Morgan fingerprint density at radius 2 is 1.83 bits per heavy atom. The first-order valence-electron chi connectivity index (χ1n) is 13.0. The number of carbonyl (C=O) groups excluding carboxylic acids is 1. The molecule has 35 heavy (non-hydrogen) atoms. The largest absolute Gasteiger partial charge is 0.497 e. The predicted molar refractivity (Wildman–Crippen MR) is 139 cm³/mol. The zero-order chi connectivity index (χ0) is 24.6. The minimum atomic E-state index is -0.745. The van der Waals surface area contributed by atoms with E-state index in [2.05, 4.69) is 65.4 Å². The van der Waals surface area contributed by atoms with Crippen molar-refractivity contribution in [2.75, 3.05) is 31.6 Å². The van der Waals surface area contributed by atoms with Gasteiger partial charge in [0, 0.05) is 43.8 Å². The van der Waals surface area contributed by atoms with Crippen LogP contribution in [0.4, 0.5) is 5.69 Å². The van der Waals surface area contributed by atoms with E-state index in [1.807, 2.05) is 12.1 Å². The number of benzene rings is 2. The molecule has 6 nitrogen and oxygen atoms in total. The molecule has 3 atom stereocenters. The first-order valence-corrected chi connectivity index (χ1v) is 13.0. The van der Waals surface area contributed by atoms with Crippen LogP contribution in [0.15, 0.2) is 48.5 Å². The number of rotatable bonds is 5. The number of hydrogen-bond donors (Lipinski definition) is 2. The first kappa shape index (κ1) is 24.1. The molecule has 188 valence electrons. The van der Waals surface area contributed by atoms with Gasteiger partial charge in [0.15, 0.2) is 0 Å². The summed E-state index contributed by atoms with van der Waals surface area (Å²) in [5.74, 6) is 0.991. The molecule has 3 aliphatic heterocycles. The summed E-state index contributed by atoms with van der Waals surface area (Å²) in [6.45, 7) is 6.67. The number of nitrogens with one attached hydrogen (secondary N) is 1. The van der Waals surface area contributed by atoms with E-state index in [1.54, 1.807) is 7.11 Å². The van der Waals surface area contributed by atoms with Gasteiger partial charge in [0.25, 0.3) is 0 Å². The number of aliphatic hydroxyl groups is 1. The SMILES string of the molecule is COc1ccc([C@@H]2C[C@]3(C)NC(=O)CCC[C@@H]3N2CC2(O)CCN(c3ccccc3C)CC2)cc1. The van der Waals surface area contributed by atoms with Gasteiger partial charge in [-0.2, -0.15) is 0 Å². The lowest BCUT2D eigenvalue weighted by molar-refractivity contribution is -0.122. The predicted octanol–water partition coefficient (Wildman–Crippen LogP) is 4.21. The summed E-state index contributed by atoms with van der Waals surface area (Å²) in [4.78, 5) is 17.4. The molecule has 3 aliphatic rings. The highest BCUT2D eigenvalue weighted by molar-refractivity contribution is 5.77. The van der Waals surface area contributed by atoms with Gasteiger partial charge in [-0.05, 0) is 75.3 Å². The molecule has 5 rings (SSSR count).